The number of rotatable bonds is 2. The second kappa shape index (κ2) is 2.36. The van der Waals surface area contributed by atoms with Gasteiger partial charge in [-0.3, -0.25) is 4.79 Å². The highest BCUT2D eigenvalue weighted by molar-refractivity contribution is 5.76. The van der Waals surface area contributed by atoms with Crippen LogP contribution in [0.4, 0.5) is 0 Å². The molecule has 62 valence electrons. The first kappa shape index (κ1) is 8.31. The van der Waals surface area contributed by atoms with E-state index in [1.807, 2.05) is 32.9 Å². The van der Waals surface area contributed by atoms with Crippen molar-refractivity contribution in [3.05, 3.63) is 12.2 Å². The van der Waals surface area contributed by atoms with Gasteiger partial charge in [0.25, 0.3) is 0 Å². The number of aliphatic carboxylic acids is 1. The molecule has 0 aromatic carbocycles. The van der Waals surface area contributed by atoms with E-state index in [9.17, 15) is 4.79 Å². The molecule has 0 saturated heterocycles. The van der Waals surface area contributed by atoms with E-state index >= 15 is 0 Å². The van der Waals surface area contributed by atoms with E-state index in [4.69, 9.17) is 5.11 Å². The predicted molar refractivity (Wildman–Crippen MR) is 43.2 cm³/mol. The second-order valence-corrected chi connectivity index (χ2v) is 3.69. The van der Waals surface area contributed by atoms with Gasteiger partial charge in [-0.25, -0.2) is 0 Å². The van der Waals surface area contributed by atoms with E-state index in [1.54, 1.807) is 0 Å². The quantitative estimate of drug-likeness (QED) is 0.617. The van der Waals surface area contributed by atoms with Crippen LogP contribution in [0.5, 0.6) is 0 Å². The molecular weight excluding hydrogens is 140 g/mol. The van der Waals surface area contributed by atoms with Gasteiger partial charge in [0.05, 0.1) is 5.92 Å². The van der Waals surface area contributed by atoms with Gasteiger partial charge in [-0.05, 0) is 18.3 Å². The Morgan fingerprint density at radius 1 is 1.55 bits per heavy atom. The summed E-state index contributed by atoms with van der Waals surface area (Å²) in [4.78, 5) is 10.6. The number of allylic oxidation sites excluding steroid dienone is 2. The van der Waals surface area contributed by atoms with Crippen molar-refractivity contribution in [1.82, 2.24) is 0 Å². The molecule has 1 saturated carbocycles. The van der Waals surface area contributed by atoms with Crippen LogP contribution in [0.3, 0.4) is 0 Å². The van der Waals surface area contributed by atoms with Crippen LogP contribution in [-0.2, 0) is 4.79 Å². The molecule has 0 aliphatic heterocycles. The standard InChI is InChI=1S/C9H14O2/c1-4-5-6-7(8(10)11)9(6,2)3/h4-7H,1-3H3,(H,10,11)/b5-4-. The fourth-order valence-corrected chi connectivity index (χ4v) is 1.72. The summed E-state index contributed by atoms with van der Waals surface area (Å²) in [5, 5.41) is 8.75. The van der Waals surface area contributed by atoms with Gasteiger partial charge in [0.15, 0.2) is 0 Å². The lowest BCUT2D eigenvalue weighted by atomic mass is 10.1. The van der Waals surface area contributed by atoms with Crippen molar-refractivity contribution < 1.29 is 9.90 Å². The summed E-state index contributed by atoms with van der Waals surface area (Å²) in [6.07, 6.45) is 3.91. The Bertz CT molecular complexity index is 204. The third-order valence-corrected chi connectivity index (χ3v) is 2.58. The molecule has 0 aromatic rings. The van der Waals surface area contributed by atoms with Crippen LogP contribution in [0.15, 0.2) is 12.2 Å². The molecule has 1 aliphatic carbocycles. The molecule has 1 rings (SSSR count). The van der Waals surface area contributed by atoms with Gasteiger partial charge in [0.2, 0.25) is 0 Å². The van der Waals surface area contributed by atoms with Crippen molar-refractivity contribution in [1.29, 1.82) is 0 Å². The third kappa shape index (κ3) is 1.17. The van der Waals surface area contributed by atoms with E-state index in [2.05, 4.69) is 0 Å². The van der Waals surface area contributed by atoms with Crippen molar-refractivity contribution in [2.45, 2.75) is 20.8 Å². The minimum atomic E-state index is -0.668. The SMILES string of the molecule is C/C=C\C1C(C(=O)O)C1(C)C. The molecule has 0 spiro atoms. The molecule has 0 heterocycles. The highest BCUT2D eigenvalue weighted by Gasteiger charge is 2.60. The highest BCUT2D eigenvalue weighted by atomic mass is 16.4. The lowest BCUT2D eigenvalue weighted by Crippen LogP contribution is -2.02. The minimum Gasteiger partial charge on any atom is -0.481 e. The van der Waals surface area contributed by atoms with E-state index in [0.717, 1.165) is 0 Å². The Kier molecular flexibility index (Phi) is 1.78. The van der Waals surface area contributed by atoms with E-state index in [-0.39, 0.29) is 17.3 Å². The molecule has 0 aromatic heterocycles. The van der Waals surface area contributed by atoms with Gasteiger partial charge in [0, 0.05) is 0 Å². The molecule has 1 aliphatic rings. The van der Waals surface area contributed by atoms with Crippen molar-refractivity contribution in [2.24, 2.45) is 17.3 Å². The number of carboxylic acids is 1. The first-order chi connectivity index (χ1) is 5.01. The largest absolute Gasteiger partial charge is 0.481 e. The van der Waals surface area contributed by atoms with E-state index < -0.39 is 5.97 Å². The summed E-state index contributed by atoms with van der Waals surface area (Å²) in [5.41, 5.74) is -0.0294. The Balaban J connectivity index is 2.68. The van der Waals surface area contributed by atoms with Crippen molar-refractivity contribution in [2.75, 3.05) is 0 Å². The third-order valence-electron chi connectivity index (χ3n) is 2.58. The maximum Gasteiger partial charge on any atom is 0.307 e. The molecule has 1 N–H and O–H groups in total. The van der Waals surface area contributed by atoms with Crippen molar-refractivity contribution in [3.8, 4) is 0 Å². The van der Waals surface area contributed by atoms with Crippen LogP contribution in [0, 0.1) is 17.3 Å². The lowest BCUT2D eigenvalue weighted by Gasteiger charge is -1.95. The smallest absolute Gasteiger partial charge is 0.307 e. The Labute approximate surface area is 66.9 Å². The molecular formula is C9H14O2. The Morgan fingerprint density at radius 3 is 2.36 bits per heavy atom. The Hall–Kier alpha value is -0.790. The molecule has 0 bridgehead atoms. The van der Waals surface area contributed by atoms with Gasteiger partial charge >= 0.3 is 5.97 Å². The number of carbonyl (C=O) groups is 1. The fraction of sp³-hybridized carbons (Fsp3) is 0.667. The minimum absolute atomic E-state index is 0.0294. The average molecular weight is 154 g/mol. The van der Waals surface area contributed by atoms with Crippen LogP contribution in [-0.4, -0.2) is 11.1 Å². The van der Waals surface area contributed by atoms with Gasteiger partial charge < -0.3 is 5.11 Å². The molecule has 2 heteroatoms. The zero-order chi connectivity index (χ0) is 8.65. The van der Waals surface area contributed by atoms with Crippen LogP contribution in [0.25, 0.3) is 0 Å². The molecule has 2 unspecified atom stereocenters. The van der Waals surface area contributed by atoms with Crippen LogP contribution < -0.4 is 0 Å². The van der Waals surface area contributed by atoms with Crippen LogP contribution >= 0.6 is 0 Å². The first-order valence-electron chi connectivity index (χ1n) is 3.87. The molecule has 2 atom stereocenters. The summed E-state index contributed by atoms with van der Waals surface area (Å²) in [5.74, 6) is -0.596. The van der Waals surface area contributed by atoms with Gasteiger partial charge in [-0.15, -0.1) is 0 Å². The summed E-state index contributed by atoms with van der Waals surface area (Å²) in [6.45, 7) is 5.92. The van der Waals surface area contributed by atoms with Crippen LogP contribution in [0.1, 0.15) is 20.8 Å². The summed E-state index contributed by atoms with van der Waals surface area (Å²) < 4.78 is 0. The number of hydrogen-bond donors (Lipinski definition) is 1. The zero-order valence-electron chi connectivity index (χ0n) is 7.16. The summed E-state index contributed by atoms with van der Waals surface area (Å²) in [6, 6.07) is 0. The van der Waals surface area contributed by atoms with Gasteiger partial charge in [-0.1, -0.05) is 26.0 Å². The van der Waals surface area contributed by atoms with Crippen LogP contribution in [0.2, 0.25) is 0 Å². The normalized spacial score (nSPS) is 34.1. The maximum absolute atomic E-state index is 10.6. The molecule has 2 nitrogen and oxygen atoms in total. The summed E-state index contributed by atoms with van der Waals surface area (Å²) in [7, 11) is 0. The predicted octanol–water partition coefficient (Wildman–Crippen LogP) is 1.92. The lowest BCUT2D eigenvalue weighted by molar-refractivity contribution is -0.139. The number of carboxylic acid groups (broad SMARTS) is 1. The second-order valence-electron chi connectivity index (χ2n) is 3.69. The summed E-state index contributed by atoms with van der Waals surface area (Å²) >= 11 is 0. The number of hydrogen-bond acceptors (Lipinski definition) is 1. The topological polar surface area (TPSA) is 37.3 Å². The molecule has 0 radical (unpaired) electrons. The highest BCUT2D eigenvalue weighted by Crippen LogP contribution is 2.58. The average Bonchev–Trinajstić information content (AvgIpc) is 2.35. The van der Waals surface area contributed by atoms with Gasteiger partial charge in [0.1, 0.15) is 0 Å². The molecule has 1 fully saturated rings. The maximum atomic E-state index is 10.6. The molecule has 11 heavy (non-hydrogen) atoms. The van der Waals surface area contributed by atoms with Crippen molar-refractivity contribution >= 4 is 5.97 Å². The van der Waals surface area contributed by atoms with Crippen molar-refractivity contribution in [3.63, 3.8) is 0 Å². The first-order valence-corrected chi connectivity index (χ1v) is 3.87. The Morgan fingerprint density at radius 2 is 2.09 bits per heavy atom. The fourth-order valence-electron chi connectivity index (χ4n) is 1.72. The van der Waals surface area contributed by atoms with Gasteiger partial charge in [-0.2, -0.15) is 0 Å². The van der Waals surface area contributed by atoms with E-state index in [1.165, 1.54) is 0 Å². The van der Waals surface area contributed by atoms with E-state index in [0.29, 0.717) is 0 Å². The zero-order valence-corrected chi connectivity index (χ0v) is 7.16. The monoisotopic (exact) mass is 154 g/mol. The molecule has 0 amide bonds.